The van der Waals surface area contributed by atoms with Gasteiger partial charge in [-0.3, -0.25) is 9.59 Å². The number of hydrogen-bond donors (Lipinski definition) is 2. The molecule has 7 heteroatoms. The molecule has 0 bridgehead atoms. The van der Waals surface area contributed by atoms with Crippen molar-refractivity contribution in [3.8, 4) is 0 Å². The summed E-state index contributed by atoms with van der Waals surface area (Å²) in [5.74, 6) is -5.65. The Hall–Kier alpha value is -2.83. The van der Waals surface area contributed by atoms with Crippen LogP contribution in [-0.4, -0.2) is 18.4 Å². The summed E-state index contributed by atoms with van der Waals surface area (Å²) < 4.78 is 39.3. The lowest BCUT2D eigenvalue weighted by Crippen LogP contribution is -2.34. The van der Waals surface area contributed by atoms with E-state index in [0.717, 1.165) is 17.2 Å². The van der Waals surface area contributed by atoms with Crippen molar-refractivity contribution in [2.75, 3.05) is 11.9 Å². The van der Waals surface area contributed by atoms with E-state index >= 15 is 0 Å². The molecule has 0 unspecified atom stereocenters. The molecule has 0 atom stereocenters. The molecule has 2 amide bonds. The van der Waals surface area contributed by atoms with E-state index in [4.69, 9.17) is 0 Å². The summed E-state index contributed by atoms with van der Waals surface area (Å²) in [6.07, 6.45) is 0.0918. The third kappa shape index (κ3) is 4.58. The van der Waals surface area contributed by atoms with Crippen molar-refractivity contribution in [1.29, 1.82) is 0 Å². The van der Waals surface area contributed by atoms with E-state index < -0.39 is 35.6 Å². The van der Waals surface area contributed by atoms with Crippen LogP contribution in [0.3, 0.4) is 0 Å². The molecule has 0 fully saturated rings. The van der Waals surface area contributed by atoms with Crippen LogP contribution in [0.5, 0.6) is 0 Å². The molecule has 126 valence electrons. The molecule has 0 aliphatic heterocycles. The molecular weight excluding hydrogens is 321 g/mol. The van der Waals surface area contributed by atoms with Gasteiger partial charge in [0.25, 0.3) is 0 Å². The fourth-order valence-corrected chi connectivity index (χ4v) is 2.07. The average Bonchev–Trinajstić information content (AvgIpc) is 2.53. The highest BCUT2D eigenvalue weighted by Crippen LogP contribution is 2.19. The average molecular weight is 336 g/mol. The number of anilines is 1. The first-order chi connectivity index (χ1) is 11.4. The standard InChI is InChI=1S/C17H15F3N2O2/c1-10-3-2-4-11(7-10)8-14(23)21-9-15(24)22-13-6-5-12(18)16(19)17(13)20/h2-7H,8-9H2,1H3,(H,21,23)(H,22,24). The molecule has 0 aliphatic rings. The maximum atomic E-state index is 13.4. The number of amides is 2. The number of nitrogens with one attached hydrogen (secondary N) is 2. The number of aryl methyl sites for hydroxylation is 1. The van der Waals surface area contributed by atoms with E-state index in [0.29, 0.717) is 6.07 Å². The van der Waals surface area contributed by atoms with Crippen LogP contribution < -0.4 is 10.6 Å². The second-order valence-electron chi connectivity index (χ2n) is 5.21. The molecule has 2 rings (SSSR count). The van der Waals surface area contributed by atoms with Crippen LogP contribution in [0.4, 0.5) is 18.9 Å². The van der Waals surface area contributed by atoms with Crippen LogP contribution in [0, 0.1) is 24.4 Å². The molecule has 0 saturated heterocycles. The van der Waals surface area contributed by atoms with Gasteiger partial charge in [-0.1, -0.05) is 29.8 Å². The van der Waals surface area contributed by atoms with Crippen molar-refractivity contribution >= 4 is 17.5 Å². The number of carbonyl (C=O) groups is 2. The van der Waals surface area contributed by atoms with Gasteiger partial charge in [0.15, 0.2) is 17.5 Å². The molecule has 0 radical (unpaired) electrons. The predicted octanol–water partition coefficient (Wildman–Crippen LogP) is 2.71. The Morgan fingerprint density at radius 3 is 2.46 bits per heavy atom. The van der Waals surface area contributed by atoms with Gasteiger partial charge in [0.1, 0.15) is 0 Å². The zero-order valence-corrected chi connectivity index (χ0v) is 12.8. The molecular formula is C17H15F3N2O2. The van der Waals surface area contributed by atoms with Crippen molar-refractivity contribution in [2.45, 2.75) is 13.3 Å². The number of carbonyl (C=O) groups excluding carboxylic acids is 2. The first-order valence-electron chi connectivity index (χ1n) is 7.12. The quantitative estimate of drug-likeness (QED) is 0.825. The summed E-state index contributed by atoms with van der Waals surface area (Å²) in [7, 11) is 0. The van der Waals surface area contributed by atoms with Gasteiger partial charge < -0.3 is 10.6 Å². The Balaban J connectivity index is 1.87. The van der Waals surface area contributed by atoms with E-state index in [1.165, 1.54) is 0 Å². The smallest absolute Gasteiger partial charge is 0.243 e. The predicted molar refractivity (Wildman–Crippen MR) is 82.8 cm³/mol. The summed E-state index contributed by atoms with van der Waals surface area (Å²) in [5, 5.41) is 4.45. The summed E-state index contributed by atoms with van der Waals surface area (Å²) in [6.45, 7) is 1.48. The van der Waals surface area contributed by atoms with Crippen molar-refractivity contribution in [1.82, 2.24) is 5.32 Å². The zero-order valence-electron chi connectivity index (χ0n) is 12.8. The largest absolute Gasteiger partial charge is 0.347 e. The van der Waals surface area contributed by atoms with Crippen LogP contribution in [0.1, 0.15) is 11.1 Å². The van der Waals surface area contributed by atoms with Gasteiger partial charge in [-0.15, -0.1) is 0 Å². The Morgan fingerprint density at radius 2 is 1.75 bits per heavy atom. The van der Waals surface area contributed by atoms with Crippen LogP contribution >= 0.6 is 0 Å². The van der Waals surface area contributed by atoms with E-state index in [9.17, 15) is 22.8 Å². The SMILES string of the molecule is Cc1cccc(CC(=O)NCC(=O)Nc2ccc(F)c(F)c2F)c1. The van der Waals surface area contributed by atoms with Crippen molar-refractivity contribution in [3.63, 3.8) is 0 Å². The van der Waals surface area contributed by atoms with Gasteiger partial charge in [-0.2, -0.15) is 0 Å². The number of hydrogen-bond acceptors (Lipinski definition) is 2. The van der Waals surface area contributed by atoms with Gasteiger partial charge in [0, 0.05) is 0 Å². The summed E-state index contributed by atoms with van der Waals surface area (Å²) in [4.78, 5) is 23.4. The van der Waals surface area contributed by atoms with Crippen LogP contribution in [0.25, 0.3) is 0 Å². The highest BCUT2D eigenvalue weighted by Gasteiger charge is 2.15. The third-order valence-corrected chi connectivity index (χ3v) is 3.20. The van der Waals surface area contributed by atoms with E-state index in [1.54, 1.807) is 6.07 Å². The lowest BCUT2D eigenvalue weighted by Gasteiger charge is -2.09. The fraction of sp³-hybridized carbons (Fsp3) is 0.176. The third-order valence-electron chi connectivity index (χ3n) is 3.20. The van der Waals surface area contributed by atoms with Crippen molar-refractivity contribution < 1.29 is 22.8 Å². The minimum Gasteiger partial charge on any atom is -0.347 e. The highest BCUT2D eigenvalue weighted by molar-refractivity contribution is 5.94. The van der Waals surface area contributed by atoms with E-state index in [1.807, 2.05) is 25.1 Å². The summed E-state index contributed by atoms with van der Waals surface area (Å²) in [5.41, 5.74) is 1.30. The lowest BCUT2D eigenvalue weighted by molar-refractivity contribution is -0.123. The topological polar surface area (TPSA) is 58.2 Å². The first-order valence-corrected chi connectivity index (χ1v) is 7.12. The van der Waals surface area contributed by atoms with Crippen LogP contribution in [0.15, 0.2) is 36.4 Å². The minimum absolute atomic E-state index is 0.0918. The molecule has 2 N–H and O–H groups in total. The zero-order chi connectivity index (χ0) is 17.7. The summed E-state index contributed by atoms with van der Waals surface area (Å²) in [6, 6.07) is 8.94. The molecule has 2 aromatic carbocycles. The fourth-order valence-electron chi connectivity index (χ4n) is 2.07. The monoisotopic (exact) mass is 336 g/mol. The van der Waals surface area contributed by atoms with Gasteiger partial charge >= 0.3 is 0 Å². The van der Waals surface area contributed by atoms with Crippen LogP contribution in [0.2, 0.25) is 0 Å². The lowest BCUT2D eigenvalue weighted by atomic mass is 10.1. The highest BCUT2D eigenvalue weighted by atomic mass is 19.2. The second-order valence-corrected chi connectivity index (χ2v) is 5.21. The Labute approximate surface area is 136 Å². The Bertz CT molecular complexity index is 778. The number of benzene rings is 2. The molecule has 0 aromatic heterocycles. The molecule has 0 aliphatic carbocycles. The van der Waals surface area contributed by atoms with Crippen molar-refractivity contribution in [3.05, 3.63) is 65.0 Å². The Kier molecular flexibility index (Phi) is 5.57. The molecule has 0 heterocycles. The van der Waals surface area contributed by atoms with Crippen LogP contribution in [-0.2, 0) is 16.0 Å². The Morgan fingerprint density at radius 1 is 1.00 bits per heavy atom. The molecule has 2 aromatic rings. The first kappa shape index (κ1) is 17.5. The molecule has 0 saturated carbocycles. The number of halogens is 3. The maximum absolute atomic E-state index is 13.4. The molecule has 4 nitrogen and oxygen atoms in total. The van der Waals surface area contributed by atoms with E-state index in [2.05, 4.69) is 10.6 Å². The molecule has 24 heavy (non-hydrogen) atoms. The van der Waals surface area contributed by atoms with Gasteiger partial charge in [-0.25, -0.2) is 13.2 Å². The van der Waals surface area contributed by atoms with Crippen molar-refractivity contribution in [2.24, 2.45) is 0 Å². The van der Waals surface area contributed by atoms with E-state index in [-0.39, 0.29) is 12.3 Å². The van der Waals surface area contributed by atoms with Gasteiger partial charge in [0.05, 0.1) is 18.7 Å². The maximum Gasteiger partial charge on any atom is 0.243 e. The summed E-state index contributed by atoms with van der Waals surface area (Å²) >= 11 is 0. The normalized spacial score (nSPS) is 10.3. The minimum atomic E-state index is -1.67. The molecule has 0 spiro atoms. The second kappa shape index (κ2) is 7.63. The van der Waals surface area contributed by atoms with Gasteiger partial charge in [0.2, 0.25) is 11.8 Å². The van der Waals surface area contributed by atoms with Gasteiger partial charge in [-0.05, 0) is 24.6 Å². The number of rotatable bonds is 5.